The first kappa shape index (κ1) is 19.6. The van der Waals surface area contributed by atoms with Crippen LogP contribution in [0, 0.1) is 5.41 Å². The number of rotatable bonds is 7. The Morgan fingerprint density at radius 1 is 1.21 bits per heavy atom. The molecule has 2 amide bonds. The number of carbonyl (C=O) groups excluding carboxylic acids is 2. The minimum atomic E-state index is -0.532. The molecule has 2 saturated heterocycles. The number of benzene rings is 1. The van der Waals surface area contributed by atoms with Crippen molar-refractivity contribution >= 4 is 11.8 Å². The van der Waals surface area contributed by atoms with Crippen LogP contribution in [-0.4, -0.2) is 71.2 Å². The van der Waals surface area contributed by atoms with Gasteiger partial charge in [-0.1, -0.05) is 30.3 Å². The van der Waals surface area contributed by atoms with Crippen molar-refractivity contribution in [1.82, 2.24) is 20.0 Å². The van der Waals surface area contributed by atoms with Gasteiger partial charge in [0.25, 0.3) is 0 Å². The number of likely N-dealkylation sites (tertiary alicyclic amines) is 2. The highest BCUT2D eigenvalue weighted by molar-refractivity contribution is 5.88. The Morgan fingerprint density at radius 3 is 2.66 bits per heavy atom. The summed E-state index contributed by atoms with van der Waals surface area (Å²) >= 11 is 0. The predicted octanol–water partition coefficient (Wildman–Crippen LogP) is 1.66. The standard InChI is InChI=1S/C22H28N4O3/c1-29-19-9-10-25(14-19)21(28)22(11-17-5-3-2-4-6-17)15-26(16-22)20(27)8-7-18-12-23-24-13-18/h2-6,12-13,19H,7-11,14-16H2,1H3,(H,23,24). The van der Waals surface area contributed by atoms with Gasteiger partial charge < -0.3 is 14.5 Å². The summed E-state index contributed by atoms with van der Waals surface area (Å²) in [4.78, 5) is 29.8. The molecule has 0 aliphatic carbocycles. The lowest BCUT2D eigenvalue weighted by Crippen LogP contribution is -2.66. The smallest absolute Gasteiger partial charge is 0.232 e. The van der Waals surface area contributed by atoms with Crippen molar-refractivity contribution < 1.29 is 14.3 Å². The molecule has 2 aromatic rings. The number of amides is 2. The molecule has 0 radical (unpaired) electrons. The van der Waals surface area contributed by atoms with Crippen LogP contribution in [0.5, 0.6) is 0 Å². The highest BCUT2D eigenvalue weighted by Gasteiger charge is 2.52. The van der Waals surface area contributed by atoms with Crippen LogP contribution in [0.2, 0.25) is 0 Å². The van der Waals surface area contributed by atoms with E-state index < -0.39 is 5.41 Å². The zero-order valence-electron chi connectivity index (χ0n) is 16.8. The maximum absolute atomic E-state index is 13.4. The lowest BCUT2D eigenvalue weighted by Gasteiger charge is -2.50. The molecule has 7 nitrogen and oxygen atoms in total. The zero-order chi connectivity index (χ0) is 20.3. The summed E-state index contributed by atoms with van der Waals surface area (Å²) in [6, 6.07) is 10.1. The number of H-pyrrole nitrogens is 1. The van der Waals surface area contributed by atoms with E-state index in [0.717, 1.165) is 24.1 Å². The normalized spacial score (nSPS) is 20.5. The van der Waals surface area contributed by atoms with E-state index in [9.17, 15) is 9.59 Å². The van der Waals surface area contributed by atoms with E-state index in [4.69, 9.17) is 4.74 Å². The molecular formula is C22H28N4O3. The molecule has 0 spiro atoms. The molecule has 1 N–H and O–H groups in total. The topological polar surface area (TPSA) is 78.5 Å². The summed E-state index contributed by atoms with van der Waals surface area (Å²) in [7, 11) is 1.70. The molecule has 1 atom stereocenters. The molecule has 3 heterocycles. The second kappa shape index (κ2) is 8.37. The number of nitrogens with one attached hydrogen (secondary N) is 1. The summed E-state index contributed by atoms with van der Waals surface area (Å²) in [5.74, 6) is 0.249. The molecule has 0 saturated carbocycles. The van der Waals surface area contributed by atoms with Crippen LogP contribution >= 0.6 is 0 Å². The lowest BCUT2D eigenvalue weighted by atomic mass is 9.73. The number of carbonyl (C=O) groups is 2. The molecule has 2 aliphatic heterocycles. The molecule has 0 bridgehead atoms. The van der Waals surface area contributed by atoms with Crippen molar-refractivity contribution in [1.29, 1.82) is 0 Å². The van der Waals surface area contributed by atoms with Crippen LogP contribution in [0.25, 0.3) is 0 Å². The Bertz CT molecular complexity index is 831. The third kappa shape index (κ3) is 4.19. The zero-order valence-corrected chi connectivity index (χ0v) is 16.8. The average Bonchev–Trinajstić information content (AvgIpc) is 3.40. The van der Waals surface area contributed by atoms with Gasteiger partial charge in [-0.05, 0) is 30.4 Å². The Balaban J connectivity index is 1.43. The number of hydrogen-bond acceptors (Lipinski definition) is 4. The van der Waals surface area contributed by atoms with E-state index >= 15 is 0 Å². The number of hydrogen-bond donors (Lipinski definition) is 1. The highest BCUT2D eigenvalue weighted by Crippen LogP contribution is 2.38. The Hall–Kier alpha value is -2.67. The van der Waals surface area contributed by atoms with Gasteiger partial charge in [0, 0.05) is 45.9 Å². The van der Waals surface area contributed by atoms with Gasteiger partial charge >= 0.3 is 0 Å². The average molecular weight is 396 g/mol. The number of ether oxygens (including phenoxy) is 1. The lowest BCUT2D eigenvalue weighted by molar-refractivity contribution is -0.160. The van der Waals surface area contributed by atoms with Crippen molar-refractivity contribution in [2.24, 2.45) is 5.41 Å². The summed E-state index contributed by atoms with van der Waals surface area (Å²) < 4.78 is 5.43. The first-order valence-corrected chi connectivity index (χ1v) is 10.2. The van der Waals surface area contributed by atoms with Gasteiger partial charge in [-0.15, -0.1) is 0 Å². The molecule has 154 valence electrons. The van der Waals surface area contributed by atoms with Crippen LogP contribution in [0.1, 0.15) is 24.0 Å². The number of nitrogens with zero attached hydrogens (tertiary/aromatic N) is 3. The quantitative estimate of drug-likeness (QED) is 0.772. The van der Waals surface area contributed by atoms with Crippen molar-refractivity contribution in [2.75, 3.05) is 33.3 Å². The minimum Gasteiger partial charge on any atom is -0.380 e. The van der Waals surface area contributed by atoms with E-state index in [0.29, 0.717) is 38.9 Å². The van der Waals surface area contributed by atoms with Crippen molar-refractivity contribution in [3.05, 3.63) is 53.9 Å². The molecule has 7 heteroatoms. The second-order valence-electron chi connectivity index (χ2n) is 8.20. The highest BCUT2D eigenvalue weighted by atomic mass is 16.5. The number of aromatic amines is 1. The fourth-order valence-corrected chi connectivity index (χ4v) is 4.43. The van der Waals surface area contributed by atoms with Crippen molar-refractivity contribution in [2.45, 2.75) is 31.8 Å². The van der Waals surface area contributed by atoms with E-state index in [2.05, 4.69) is 22.3 Å². The van der Waals surface area contributed by atoms with Crippen molar-refractivity contribution in [3.63, 3.8) is 0 Å². The van der Waals surface area contributed by atoms with E-state index in [-0.39, 0.29) is 17.9 Å². The first-order chi connectivity index (χ1) is 14.1. The minimum absolute atomic E-state index is 0.0962. The predicted molar refractivity (Wildman–Crippen MR) is 108 cm³/mol. The SMILES string of the molecule is COC1CCN(C(=O)C2(Cc3ccccc3)CN(C(=O)CCc3cn[nH]c3)C2)C1. The van der Waals surface area contributed by atoms with Gasteiger partial charge in [0.2, 0.25) is 11.8 Å². The van der Waals surface area contributed by atoms with E-state index in [1.807, 2.05) is 34.2 Å². The molecular weight excluding hydrogens is 368 g/mol. The number of methoxy groups -OCH3 is 1. The first-order valence-electron chi connectivity index (χ1n) is 10.2. The Kier molecular flexibility index (Phi) is 5.67. The molecule has 2 aliphatic rings. The summed E-state index contributed by atoms with van der Waals surface area (Å²) in [6.45, 7) is 2.33. The third-order valence-electron chi connectivity index (χ3n) is 6.13. The van der Waals surface area contributed by atoms with Gasteiger partial charge in [0.05, 0.1) is 17.7 Å². The van der Waals surface area contributed by atoms with E-state index in [1.165, 1.54) is 0 Å². The van der Waals surface area contributed by atoms with Crippen LogP contribution < -0.4 is 0 Å². The van der Waals surface area contributed by atoms with Gasteiger partial charge in [0.15, 0.2) is 0 Å². The Labute approximate surface area is 171 Å². The number of aryl methyl sites for hydroxylation is 1. The fraction of sp³-hybridized carbons (Fsp3) is 0.500. The van der Waals surface area contributed by atoms with Crippen LogP contribution in [0.3, 0.4) is 0 Å². The molecule has 4 rings (SSSR count). The molecule has 2 fully saturated rings. The maximum Gasteiger partial charge on any atom is 0.232 e. The monoisotopic (exact) mass is 396 g/mol. The Morgan fingerprint density at radius 2 is 2.00 bits per heavy atom. The molecule has 1 unspecified atom stereocenters. The second-order valence-corrected chi connectivity index (χ2v) is 8.20. The van der Waals surface area contributed by atoms with Gasteiger partial charge in [0.1, 0.15) is 0 Å². The maximum atomic E-state index is 13.4. The van der Waals surface area contributed by atoms with Gasteiger partial charge in [-0.25, -0.2) is 0 Å². The van der Waals surface area contributed by atoms with Crippen molar-refractivity contribution in [3.8, 4) is 0 Å². The van der Waals surface area contributed by atoms with Crippen LogP contribution in [0.15, 0.2) is 42.7 Å². The fourth-order valence-electron chi connectivity index (χ4n) is 4.43. The summed E-state index contributed by atoms with van der Waals surface area (Å²) in [5, 5.41) is 6.69. The van der Waals surface area contributed by atoms with Crippen LogP contribution in [0.4, 0.5) is 0 Å². The van der Waals surface area contributed by atoms with Crippen LogP contribution in [-0.2, 0) is 27.2 Å². The van der Waals surface area contributed by atoms with Gasteiger partial charge in [-0.3, -0.25) is 14.7 Å². The van der Waals surface area contributed by atoms with Gasteiger partial charge in [-0.2, -0.15) is 5.10 Å². The van der Waals surface area contributed by atoms with E-state index in [1.54, 1.807) is 13.3 Å². The molecule has 1 aromatic carbocycles. The molecule has 1 aromatic heterocycles. The molecule has 29 heavy (non-hydrogen) atoms. The number of aromatic nitrogens is 2. The largest absolute Gasteiger partial charge is 0.380 e. The third-order valence-corrected chi connectivity index (χ3v) is 6.13. The summed E-state index contributed by atoms with van der Waals surface area (Å²) in [6.07, 6.45) is 6.29. The summed E-state index contributed by atoms with van der Waals surface area (Å²) in [5.41, 5.74) is 1.62.